The van der Waals surface area contributed by atoms with E-state index in [2.05, 4.69) is 11.2 Å². The predicted octanol–water partition coefficient (Wildman–Crippen LogP) is 0.606. The lowest BCUT2D eigenvalue weighted by molar-refractivity contribution is 0.329. The number of hydrogen-bond acceptors (Lipinski definition) is 3. The molecule has 4 heteroatoms. The third-order valence-corrected chi connectivity index (χ3v) is 2.35. The van der Waals surface area contributed by atoms with Crippen LogP contribution in [-0.4, -0.2) is 42.4 Å². The zero-order valence-corrected chi connectivity index (χ0v) is 8.24. The fourth-order valence-corrected chi connectivity index (χ4v) is 1.14. The van der Waals surface area contributed by atoms with E-state index in [4.69, 9.17) is 11.1 Å². The molecule has 0 amide bonds. The molecule has 0 aliphatic rings. The van der Waals surface area contributed by atoms with Crippen molar-refractivity contribution in [3.05, 3.63) is 0 Å². The van der Waals surface area contributed by atoms with E-state index < -0.39 is 0 Å². The first-order valence-corrected chi connectivity index (χ1v) is 5.02. The van der Waals surface area contributed by atoms with E-state index in [0.717, 1.165) is 12.3 Å². The quantitative estimate of drug-likeness (QED) is 0.475. The van der Waals surface area contributed by atoms with Crippen molar-refractivity contribution in [1.82, 2.24) is 4.90 Å². The molecule has 0 rings (SSSR count). The monoisotopic (exact) mass is 175 g/mol. The van der Waals surface area contributed by atoms with Crippen LogP contribution >= 0.6 is 11.8 Å². The second-order valence-corrected chi connectivity index (χ2v) is 3.59. The van der Waals surface area contributed by atoms with Gasteiger partial charge in [0.25, 0.3) is 0 Å². The van der Waals surface area contributed by atoms with Crippen LogP contribution in [0.4, 0.5) is 0 Å². The predicted molar refractivity (Wildman–Crippen MR) is 52.4 cm³/mol. The summed E-state index contributed by atoms with van der Waals surface area (Å²) in [6, 6.07) is 0.0714. The lowest BCUT2D eigenvalue weighted by atomic mass is 10.3. The van der Waals surface area contributed by atoms with Crippen LogP contribution < -0.4 is 5.73 Å². The summed E-state index contributed by atoms with van der Waals surface area (Å²) in [6.07, 6.45) is 2.08. The van der Waals surface area contributed by atoms with Crippen molar-refractivity contribution in [2.75, 3.05) is 25.6 Å². The van der Waals surface area contributed by atoms with E-state index in [9.17, 15) is 0 Å². The fraction of sp³-hybridized carbons (Fsp3) is 0.857. The molecule has 0 saturated heterocycles. The van der Waals surface area contributed by atoms with Crippen LogP contribution in [0.5, 0.6) is 0 Å². The molecular formula is C7H17N3S. The highest BCUT2D eigenvalue weighted by molar-refractivity contribution is 7.98. The Labute approximate surface area is 72.8 Å². The molecule has 0 saturated carbocycles. The van der Waals surface area contributed by atoms with E-state index in [1.54, 1.807) is 11.8 Å². The molecular weight excluding hydrogens is 158 g/mol. The SMILES string of the molecule is CSCCN(C)C(C)C(=N)N. The average molecular weight is 175 g/mol. The third-order valence-electron chi connectivity index (χ3n) is 1.76. The van der Waals surface area contributed by atoms with E-state index in [1.165, 1.54) is 0 Å². The summed E-state index contributed by atoms with van der Waals surface area (Å²) in [5.41, 5.74) is 5.34. The summed E-state index contributed by atoms with van der Waals surface area (Å²) in [6.45, 7) is 2.94. The fourth-order valence-electron chi connectivity index (χ4n) is 0.666. The summed E-state index contributed by atoms with van der Waals surface area (Å²) >= 11 is 1.81. The summed E-state index contributed by atoms with van der Waals surface area (Å²) in [7, 11) is 1.99. The first-order valence-electron chi connectivity index (χ1n) is 3.62. The molecule has 0 aliphatic carbocycles. The number of hydrogen-bond donors (Lipinski definition) is 2. The Morgan fingerprint density at radius 3 is 2.64 bits per heavy atom. The number of likely N-dealkylation sites (N-methyl/N-ethyl adjacent to an activating group) is 1. The molecule has 11 heavy (non-hydrogen) atoms. The summed E-state index contributed by atoms with van der Waals surface area (Å²) in [5.74, 6) is 1.34. The van der Waals surface area contributed by atoms with Gasteiger partial charge in [0.1, 0.15) is 5.84 Å². The number of thioether (sulfide) groups is 1. The van der Waals surface area contributed by atoms with E-state index in [1.807, 2.05) is 14.0 Å². The molecule has 0 heterocycles. The third kappa shape index (κ3) is 4.27. The number of amidine groups is 1. The maximum Gasteiger partial charge on any atom is 0.108 e. The Morgan fingerprint density at radius 1 is 1.73 bits per heavy atom. The summed E-state index contributed by atoms with van der Waals surface area (Å²) in [5, 5.41) is 7.20. The number of nitrogens with two attached hydrogens (primary N) is 1. The molecule has 3 N–H and O–H groups in total. The number of nitrogens with one attached hydrogen (secondary N) is 1. The van der Waals surface area contributed by atoms with Gasteiger partial charge in [-0.25, -0.2) is 0 Å². The Balaban J connectivity index is 3.63. The van der Waals surface area contributed by atoms with Crippen molar-refractivity contribution in [2.24, 2.45) is 5.73 Å². The van der Waals surface area contributed by atoms with Gasteiger partial charge in [-0.15, -0.1) is 0 Å². The average Bonchev–Trinajstić information content (AvgIpc) is 1.98. The van der Waals surface area contributed by atoms with Crippen LogP contribution in [0.15, 0.2) is 0 Å². The van der Waals surface area contributed by atoms with Crippen LogP contribution in [0, 0.1) is 5.41 Å². The molecule has 0 fully saturated rings. The molecule has 0 bridgehead atoms. The van der Waals surface area contributed by atoms with Crippen LogP contribution in [0.3, 0.4) is 0 Å². The topological polar surface area (TPSA) is 53.1 Å². The van der Waals surface area contributed by atoms with Gasteiger partial charge in [0.2, 0.25) is 0 Å². The van der Waals surface area contributed by atoms with Gasteiger partial charge >= 0.3 is 0 Å². The maximum atomic E-state index is 7.20. The Hall–Kier alpha value is -0.220. The summed E-state index contributed by atoms with van der Waals surface area (Å²) in [4.78, 5) is 2.08. The molecule has 1 unspecified atom stereocenters. The minimum absolute atomic E-state index is 0.0714. The normalized spacial score (nSPS) is 13.5. The van der Waals surface area contributed by atoms with Crippen molar-refractivity contribution in [3.63, 3.8) is 0 Å². The summed E-state index contributed by atoms with van der Waals surface area (Å²) < 4.78 is 0. The molecule has 0 radical (unpaired) electrons. The molecule has 0 aliphatic heterocycles. The van der Waals surface area contributed by atoms with Crippen LogP contribution in [0.25, 0.3) is 0 Å². The van der Waals surface area contributed by atoms with Crippen LogP contribution in [-0.2, 0) is 0 Å². The van der Waals surface area contributed by atoms with E-state index in [-0.39, 0.29) is 11.9 Å². The van der Waals surface area contributed by atoms with Crippen molar-refractivity contribution in [3.8, 4) is 0 Å². The molecule has 0 aromatic rings. The van der Waals surface area contributed by atoms with Crippen molar-refractivity contribution >= 4 is 17.6 Å². The highest BCUT2D eigenvalue weighted by Crippen LogP contribution is 1.98. The first-order chi connectivity index (χ1) is 5.09. The Bertz CT molecular complexity index is 127. The van der Waals surface area contributed by atoms with E-state index >= 15 is 0 Å². The Kier molecular flexibility index (Phi) is 5.32. The molecule has 0 aromatic carbocycles. The molecule has 66 valence electrons. The van der Waals surface area contributed by atoms with Crippen LogP contribution in [0.1, 0.15) is 6.92 Å². The van der Waals surface area contributed by atoms with Gasteiger partial charge in [0.05, 0.1) is 6.04 Å². The van der Waals surface area contributed by atoms with Crippen molar-refractivity contribution in [2.45, 2.75) is 13.0 Å². The highest BCUT2D eigenvalue weighted by Gasteiger charge is 2.10. The van der Waals surface area contributed by atoms with Crippen molar-refractivity contribution < 1.29 is 0 Å². The lowest BCUT2D eigenvalue weighted by Crippen LogP contribution is -2.40. The largest absolute Gasteiger partial charge is 0.386 e. The molecule has 1 atom stereocenters. The van der Waals surface area contributed by atoms with Crippen molar-refractivity contribution in [1.29, 1.82) is 5.41 Å². The second kappa shape index (κ2) is 5.43. The standard InChI is InChI=1S/C7H17N3S/c1-6(7(8)9)10(2)4-5-11-3/h6H,4-5H2,1-3H3,(H3,8,9). The van der Waals surface area contributed by atoms with Gasteiger partial charge in [0.15, 0.2) is 0 Å². The molecule has 0 aromatic heterocycles. The van der Waals surface area contributed by atoms with Gasteiger partial charge in [-0.05, 0) is 20.2 Å². The van der Waals surface area contributed by atoms with Gasteiger partial charge in [-0.1, -0.05) is 0 Å². The zero-order valence-electron chi connectivity index (χ0n) is 7.42. The van der Waals surface area contributed by atoms with Crippen LogP contribution in [0.2, 0.25) is 0 Å². The minimum atomic E-state index is 0.0714. The second-order valence-electron chi connectivity index (χ2n) is 2.60. The zero-order chi connectivity index (χ0) is 8.85. The highest BCUT2D eigenvalue weighted by atomic mass is 32.2. The van der Waals surface area contributed by atoms with Gasteiger partial charge in [-0.2, -0.15) is 11.8 Å². The molecule has 0 spiro atoms. The smallest absolute Gasteiger partial charge is 0.108 e. The van der Waals surface area contributed by atoms with Gasteiger partial charge < -0.3 is 5.73 Å². The van der Waals surface area contributed by atoms with E-state index in [0.29, 0.717) is 0 Å². The molecule has 3 nitrogen and oxygen atoms in total. The lowest BCUT2D eigenvalue weighted by Gasteiger charge is -2.22. The van der Waals surface area contributed by atoms with Gasteiger partial charge in [0, 0.05) is 12.3 Å². The van der Waals surface area contributed by atoms with Gasteiger partial charge in [-0.3, -0.25) is 10.3 Å². The Morgan fingerprint density at radius 2 is 2.27 bits per heavy atom. The maximum absolute atomic E-state index is 7.20. The minimum Gasteiger partial charge on any atom is -0.386 e. The number of rotatable bonds is 5. The number of nitrogens with zero attached hydrogens (tertiary/aromatic N) is 1. The first kappa shape index (κ1) is 10.8.